The minimum absolute atomic E-state index is 0.150. The fraction of sp³-hybridized carbons (Fsp3) is 0.375. The van der Waals surface area contributed by atoms with Gasteiger partial charge in [0.05, 0.1) is 12.1 Å². The number of likely N-dealkylation sites (N-methyl/N-ethyl adjacent to an activating group) is 1. The Morgan fingerprint density at radius 2 is 2.09 bits per heavy atom. The number of nitrogens with zero attached hydrogens (tertiary/aromatic N) is 3. The van der Waals surface area contributed by atoms with Gasteiger partial charge in [-0.25, -0.2) is 0 Å². The van der Waals surface area contributed by atoms with Crippen molar-refractivity contribution in [1.82, 2.24) is 15.0 Å². The van der Waals surface area contributed by atoms with E-state index in [1.165, 1.54) is 12.1 Å². The summed E-state index contributed by atoms with van der Waals surface area (Å²) < 4.78 is 43.4. The standard InChI is InChI=1S/C16H18F3N3O/c1-4-22(9-11(2)3)10-14-20-15(21-23-14)12-6-5-7-13(8-12)16(17,18)19/h5-8H,2,4,9-10H2,1,3H3. The van der Waals surface area contributed by atoms with Crippen LogP contribution in [0.4, 0.5) is 13.2 Å². The smallest absolute Gasteiger partial charge is 0.338 e. The van der Waals surface area contributed by atoms with E-state index in [0.717, 1.165) is 24.3 Å². The molecule has 0 amide bonds. The van der Waals surface area contributed by atoms with Gasteiger partial charge in [0.2, 0.25) is 11.7 Å². The van der Waals surface area contributed by atoms with Crippen molar-refractivity contribution in [3.05, 3.63) is 47.9 Å². The first-order chi connectivity index (χ1) is 10.8. The number of rotatable bonds is 6. The number of hydrogen-bond donors (Lipinski definition) is 0. The lowest BCUT2D eigenvalue weighted by molar-refractivity contribution is -0.137. The second-order valence-corrected chi connectivity index (χ2v) is 5.35. The van der Waals surface area contributed by atoms with Crippen LogP contribution in [0.5, 0.6) is 0 Å². The van der Waals surface area contributed by atoms with E-state index < -0.39 is 11.7 Å². The molecule has 2 aromatic rings. The Balaban J connectivity index is 2.17. The fourth-order valence-electron chi connectivity index (χ4n) is 2.12. The van der Waals surface area contributed by atoms with E-state index in [0.29, 0.717) is 19.0 Å². The predicted octanol–water partition coefficient (Wildman–Crippen LogP) is 4.15. The van der Waals surface area contributed by atoms with Crippen molar-refractivity contribution >= 4 is 0 Å². The van der Waals surface area contributed by atoms with Crippen molar-refractivity contribution in [3.63, 3.8) is 0 Å². The molecule has 1 aromatic heterocycles. The van der Waals surface area contributed by atoms with Crippen molar-refractivity contribution in [3.8, 4) is 11.4 Å². The van der Waals surface area contributed by atoms with Gasteiger partial charge >= 0.3 is 6.18 Å². The lowest BCUT2D eigenvalue weighted by Gasteiger charge is -2.17. The number of alkyl halides is 3. The molecule has 0 saturated carbocycles. The Kier molecular flexibility index (Phi) is 5.20. The number of aromatic nitrogens is 2. The van der Waals surface area contributed by atoms with Gasteiger partial charge in [0.1, 0.15) is 0 Å². The van der Waals surface area contributed by atoms with Crippen molar-refractivity contribution in [2.24, 2.45) is 0 Å². The average molecular weight is 325 g/mol. The SMILES string of the molecule is C=C(C)CN(CC)Cc1nc(-c2cccc(C(F)(F)F)c2)no1. The molecule has 0 fully saturated rings. The van der Waals surface area contributed by atoms with E-state index in [-0.39, 0.29) is 11.4 Å². The molecule has 0 atom stereocenters. The lowest BCUT2D eigenvalue weighted by atomic mass is 10.1. The highest BCUT2D eigenvalue weighted by atomic mass is 19.4. The highest BCUT2D eigenvalue weighted by molar-refractivity contribution is 5.55. The van der Waals surface area contributed by atoms with Crippen molar-refractivity contribution in [2.75, 3.05) is 13.1 Å². The van der Waals surface area contributed by atoms with Crippen LogP contribution in [-0.4, -0.2) is 28.1 Å². The molecular formula is C16H18F3N3O. The molecule has 0 aliphatic carbocycles. The van der Waals surface area contributed by atoms with E-state index in [1.807, 2.05) is 18.7 Å². The molecule has 0 aliphatic rings. The third-order valence-electron chi connectivity index (χ3n) is 3.22. The summed E-state index contributed by atoms with van der Waals surface area (Å²) in [6.45, 7) is 9.66. The minimum Gasteiger partial charge on any atom is -0.338 e. The van der Waals surface area contributed by atoms with E-state index >= 15 is 0 Å². The maximum Gasteiger partial charge on any atom is 0.416 e. The molecule has 1 aromatic carbocycles. The summed E-state index contributed by atoms with van der Waals surface area (Å²) in [5.74, 6) is 0.512. The van der Waals surface area contributed by atoms with Gasteiger partial charge in [-0.1, -0.05) is 36.4 Å². The Bertz CT molecular complexity index is 679. The molecule has 0 bridgehead atoms. The zero-order valence-electron chi connectivity index (χ0n) is 13.0. The Hall–Kier alpha value is -2.15. The van der Waals surface area contributed by atoms with Gasteiger partial charge in [-0.15, -0.1) is 0 Å². The van der Waals surface area contributed by atoms with Crippen LogP contribution in [0.2, 0.25) is 0 Å². The summed E-state index contributed by atoms with van der Waals surface area (Å²) in [5.41, 5.74) is 0.543. The molecule has 23 heavy (non-hydrogen) atoms. The van der Waals surface area contributed by atoms with Gasteiger partial charge in [0.25, 0.3) is 0 Å². The van der Waals surface area contributed by atoms with Gasteiger partial charge in [0, 0.05) is 12.1 Å². The molecule has 1 heterocycles. The van der Waals surface area contributed by atoms with Crippen LogP contribution in [0.3, 0.4) is 0 Å². The summed E-state index contributed by atoms with van der Waals surface area (Å²) in [5, 5.41) is 3.77. The van der Waals surface area contributed by atoms with Crippen molar-refractivity contribution in [1.29, 1.82) is 0 Å². The average Bonchev–Trinajstić information content (AvgIpc) is 2.94. The van der Waals surface area contributed by atoms with Crippen molar-refractivity contribution in [2.45, 2.75) is 26.6 Å². The summed E-state index contributed by atoms with van der Waals surface area (Å²) in [6.07, 6.45) is -4.40. The topological polar surface area (TPSA) is 42.2 Å². The minimum atomic E-state index is -4.40. The summed E-state index contributed by atoms with van der Waals surface area (Å²) in [4.78, 5) is 6.23. The number of halogens is 3. The van der Waals surface area contributed by atoms with Crippen LogP contribution in [0, 0.1) is 0 Å². The first-order valence-corrected chi connectivity index (χ1v) is 7.16. The van der Waals surface area contributed by atoms with Crippen LogP contribution in [0.1, 0.15) is 25.3 Å². The van der Waals surface area contributed by atoms with E-state index in [2.05, 4.69) is 16.7 Å². The van der Waals surface area contributed by atoms with Gasteiger partial charge in [-0.2, -0.15) is 18.2 Å². The van der Waals surface area contributed by atoms with Crippen LogP contribution in [0.15, 0.2) is 40.9 Å². The van der Waals surface area contributed by atoms with E-state index in [4.69, 9.17) is 4.52 Å². The van der Waals surface area contributed by atoms with Gasteiger partial charge in [-0.05, 0) is 25.6 Å². The van der Waals surface area contributed by atoms with Crippen LogP contribution < -0.4 is 0 Å². The highest BCUT2D eigenvalue weighted by Crippen LogP contribution is 2.31. The molecular weight excluding hydrogens is 307 g/mol. The monoisotopic (exact) mass is 325 g/mol. The molecule has 4 nitrogen and oxygen atoms in total. The molecule has 0 spiro atoms. The Morgan fingerprint density at radius 3 is 2.70 bits per heavy atom. The van der Waals surface area contributed by atoms with Crippen LogP contribution in [-0.2, 0) is 12.7 Å². The molecule has 124 valence electrons. The summed E-state index contributed by atoms with van der Waals surface area (Å²) in [7, 11) is 0. The molecule has 0 unspecified atom stereocenters. The molecule has 0 N–H and O–H groups in total. The van der Waals surface area contributed by atoms with E-state index in [1.54, 1.807) is 0 Å². The second-order valence-electron chi connectivity index (χ2n) is 5.35. The molecule has 7 heteroatoms. The first kappa shape index (κ1) is 17.2. The first-order valence-electron chi connectivity index (χ1n) is 7.16. The van der Waals surface area contributed by atoms with Crippen molar-refractivity contribution < 1.29 is 17.7 Å². The molecule has 0 saturated heterocycles. The maximum atomic E-state index is 12.7. The highest BCUT2D eigenvalue weighted by Gasteiger charge is 2.30. The number of hydrogen-bond acceptors (Lipinski definition) is 4. The quantitative estimate of drug-likeness (QED) is 0.748. The van der Waals surface area contributed by atoms with Gasteiger partial charge in [-0.3, -0.25) is 4.90 Å². The van der Waals surface area contributed by atoms with Crippen LogP contribution in [0.25, 0.3) is 11.4 Å². The number of benzene rings is 1. The largest absolute Gasteiger partial charge is 0.416 e. The predicted molar refractivity (Wildman–Crippen MR) is 80.5 cm³/mol. The maximum absolute atomic E-state index is 12.7. The summed E-state index contributed by atoms with van der Waals surface area (Å²) >= 11 is 0. The van der Waals surface area contributed by atoms with E-state index in [9.17, 15) is 13.2 Å². The summed E-state index contributed by atoms with van der Waals surface area (Å²) in [6, 6.07) is 4.87. The normalized spacial score (nSPS) is 11.9. The van der Waals surface area contributed by atoms with Gasteiger partial charge < -0.3 is 4.52 Å². The Labute approximate surface area is 132 Å². The Morgan fingerprint density at radius 1 is 1.35 bits per heavy atom. The van der Waals surface area contributed by atoms with Crippen LogP contribution >= 0.6 is 0 Å². The zero-order chi connectivity index (χ0) is 17.0. The third kappa shape index (κ3) is 4.66. The third-order valence-corrected chi connectivity index (χ3v) is 3.22. The molecule has 0 aliphatic heterocycles. The lowest BCUT2D eigenvalue weighted by Crippen LogP contribution is -2.24. The second kappa shape index (κ2) is 6.95. The fourth-order valence-corrected chi connectivity index (χ4v) is 2.12. The van der Waals surface area contributed by atoms with Gasteiger partial charge in [0.15, 0.2) is 0 Å². The molecule has 0 radical (unpaired) electrons. The zero-order valence-corrected chi connectivity index (χ0v) is 13.0. The molecule has 2 rings (SSSR count).